The highest BCUT2D eigenvalue weighted by Crippen LogP contribution is 2.26. The maximum Gasteiger partial charge on any atom is 0.255 e. The third-order valence-electron chi connectivity index (χ3n) is 4.95. The predicted octanol–water partition coefficient (Wildman–Crippen LogP) is 1.13. The van der Waals surface area contributed by atoms with Crippen LogP contribution in [0.4, 0.5) is 0 Å². The summed E-state index contributed by atoms with van der Waals surface area (Å²) >= 11 is 0. The van der Waals surface area contributed by atoms with E-state index in [0.29, 0.717) is 44.7 Å². The molecular formula is C17H25N3O4S. The molecule has 2 fully saturated rings. The Morgan fingerprint density at radius 3 is 2.40 bits per heavy atom. The smallest absolute Gasteiger partial charge is 0.255 e. The number of amides is 1. The van der Waals surface area contributed by atoms with Gasteiger partial charge in [-0.2, -0.15) is 4.31 Å². The number of ether oxygens (including phenoxy) is 1. The number of carbonyl (C=O) groups excluding carboxylic acids is 1. The monoisotopic (exact) mass is 367 g/mol. The molecule has 0 atom stereocenters. The molecule has 2 aliphatic heterocycles. The van der Waals surface area contributed by atoms with Crippen molar-refractivity contribution in [2.75, 3.05) is 32.6 Å². The van der Waals surface area contributed by atoms with Gasteiger partial charge in [-0.1, -0.05) is 0 Å². The van der Waals surface area contributed by atoms with E-state index in [-0.39, 0.29) is 18.0 Å². The number of piperidine rings is 1. The van der Waals surface area contributed by atoms with Crippen LogP contribution >= 0.6 is 0 Å². The van der Waals surface area contributed by atoms with Crippen molar-refractivity contribution in [1.29, 1.82) is 0 Å². The van der Waals surface area contributed by atoms with E-state index in [0.717, 1.165) is 12.8 Å². The standard InChI is InChI=1S/C17H25N3O4S/c1-25(22,23)20(16-6-11-24-12-7-16)15-4-9-19(10-5-15)17(21)14-3-2-8-18-13-14/h2-3,8,13,15-16H,4-7,9-12H2,1H3. The first kappa shape index (κ1) is 18.3. The molecule has 0 unspecified atom stereocenters. The highest BCUT2D eigenvalue weighted by Gasteiger charge is 2.37. The Morgan fingerprint density at radius 1 is 1.20 bits per heavy atom. The zero-order chi connectivity index (χ0) is 17.9. The van der Waals surface area contributed by atoms with Gasteiger partial charge in [0, 0.05) is 50.8 Å². The van der Waals surface area contributed by atoms with E-state index >= 15 is 0 Å². The number of rotatable bonds is 4. The Bertz CT molecular complexity index is 681. The summed E-state index contributed by atoms with van der Waals surface area (Å²) in [5.74, 6) is -0.0384. The Hall–Kier alpha value is -1.51. The van der Waals surface area contributed by atoms with Crippen LogP contribution in [0.5, 0.6) is 0 Å². The highest BCUT2D eigenvalue weighted by molar-refractivity contribution is 7.88. The number of pyridine rings is 1. The highest BCUT2D eigenvalue weighted by atomic mass is 32.2. The molecule has 3 rings (SSSR count). The zero-order valence-electron chi connectivity index (χ0n) is 14.5. The number of nitrogens with zero attached hydrogens (tertiary/aromatic N) is 3. The molecule has 1 aromatic heterocycles. The second-order valence-corrected chi connectivity index (χ2v) is 8.59. The zero-order valence-corrected chi connectivity index (χ0v) is 15.3. The molecule has 7 nitrogen and oxygen atoms in total. The molecule has 2 aliphatic rings. The van der Waals surface area contributed by atoms with Gasteiger partial charge in [0.15, 0.2) is 0 Å². The van der Waals surface area contributed by atoms with E-state index in [1.165, 1.54) is 6.26 Å². The van der Waals surface area contributed by atoms with E-state index < -0.39 is 10.0 Å². The predicted molar refractivity (Wildman–Crippen MR) is 93.7 cm³/mol. The van der Waals surface area contributed by atoms with Crippen molar-refractivity contribution in [2.24, 2.45) is 0 Å². The number of hydrogen-bond acceptors (Lipinski definition) is 5. The van der Waals surface area contributed by atoms with Gasteiger partial charge >= 0.3 is 0 Å². The van der Waals surface area contributed by atoms with E-state index in [2.05, 4.69) is 4.98 Å². The van der Waals surface area contributed by atoms with Crippen LogP contribution in [0.15, 0.2) is 24.5 Å². The molecule has 0 radical (unpaired) electrons. The Labute approximate surface area is 149 Å². The quantitative estimate of drug-likeness (QED) is 0.797. The number of aromatic nitrogens is 1. The maximum absolute atomic E-state index is 12.5. The molecular weight excluding hydrogens is 342 g/mol. The molecule has 0 aromatic carbocycles. The average molecular weight is 367 g/mol. The minimum absolute atomic E-state index is 0.00863. The Morgan fingerprint density at radius 2 is 1.84 bits per heavy atom. The molecule has 0 aliphatic carbocycles. The average Bonchev–Trinajstić information content (AvgIpc) is 2.62. The van der Waals surface area contributed by atoms with Crippen molar-refractivity contribution < 1.29 is 17.9 Å². The lowest BCUT2D eigenvalue weighted by Crippen LogP contribution is -2.53. The van der Waals surface area contributed by atoms with Crippen LogP contribution in [0, 0.1) is 0 Å². The molecule has 0 bridgehead atoms. The van der Waals surface area contributed by atoms with Crippen LogP contribution in [0.3, 0.4) is 0 Å². The summed E-state index contributed by atoms with van der Waals surface area (Å²) in [5.41, 5.74) is 0.574. The van der Waals surface area contributed by atoms with Gasteiger partial charge in [0.1, 0.15) is 0 Å². The van der Waals surface area contributed by atoms with Gasteiger partial charge in [-0.15, -0.1) is 0 Å². The lowest BCUT2D eigenvalue weighted by molar-refractivity contribution is 0.0378. The van der Waals surface area contributed by atoms with Gasteiger partial charge in [0.2, 0.25) is 10.0 Å². The molecule has 8 heteroatoms. The summed E-state index contributed by atoms with van der Waals surface area (Å²) in [4.78, 5) is 18.3. The summed E-state index contributed by atoms with van der Waals surface area (Å²) in [5, 5.41) is 0. The molecule has 0 spiro atoms. The van der Waals surface area contributed by atoms with Crippen LogP contribution in [0.1, 0.15) is 36.0 Å². The molecule has 2 saturated heterocycles. The van der Waals surface area contributed by atoms with Crippen molar-refractivity contribution in [3.05, 3.63) is 30.1 Å². The van der Waals surface area contributed by atoms with Gasteiger partial charge in [0.05, 0.1) is 11.8 Å². The Balaban J connectivity index is 1.66. The first-order valence-electron chi connectivity index (χ1n) is 8.72. The van der Waals surface area contributed by atoms with Gasteiger partial charge in [-0.05, 0) is 37.8 Å². The topological polar surface area (TPSA) is 79.8 Å². The molecule has 138 valence electrons. The maximum atomic E-state index is 12.5. The number of hydrogen-bond donors (Lipinski definition) is 0. The number of sulfonamides is 1. The fourth-order valence-corrected chi connectivity index (χ4v) is 5.28. The van der Waals surface area contributed by atoms with Gasteiger partial charge < -0.3 is 9.64 Å². The normalized spacial score (nSPS) is 20.8. The third-order valence-corrected chi connectivity index (χ3v) is 6.32. The van der Waals surface area contributed by atoms with Crippen LogP contribution in [-0.2, 0) is 14.8 Å². The summed E-state index contributed by atoms with van der Waals surface area (Å²) in [6.45, 7) is 2.34. The Kier molecular flexibility index (Phi) is 5.71. The van der Waals surface area contributed by atoms with Crippen molar-refractivity contribution in [3.8, 4) is 0 Å². The summed E-state index contributed by atoms with van der Waals surface area (Å²) in [7, 11) is -3.29. The third kappa shape index (κ3) is 4.37. The molecule has 1 amide bonds. The molecule has 3 heterocycles. The van der Waals surface area contributed by atoms with Gasteiger partial charge in [-0.3, -0.25) is 9.78 Å². The molecule has 1 aromatic rings. The van der Waals surface area contributed by atoms with Crippen LogP contribution < -0.4 is 0 Å². The first-order valence-corrected chi connectivity index (χ1v) is 10.6. The van der Waals surface area contributed by atoms with E-state index in [9.17, 15) is 13.2 Å². The fourth-order valence-electron chi connectivity index (χ4n) is 3.77. The van der Waals surface area contributed by atoms with Crippen molar-refractivity contribution >= 4 is 15.9 Å². The minimum Gasteiger partial charge on any atom is -0.381 e. The fraction of sp³-hybridized carbons (Fsp3) is 0.647. The lowest BCUT2D eigenvalue weighted by atomic mass is 10.0. The molecule has 25 heavy (non-hydrogen) atoms. The van der Waals surface area contributed by atoms with Crippen molar-refractivity contribution in [2.45, 2.75) is 37.8 Å². The van der Waals surface area contributed by atoms with Crippen LogP contribution in [0.25, 0.3) is 0 Å². The molecule has 0 saturated carbocycles. The number of likely N-dealkylation sites (tertiary alicyclic amines) is 1. The second kappa shape index (κ2) is 7.80. The van der Waals surface area contributed by atoms with Gasteiger partial charge in [0.25, 0.3) is 5.91 Å². The van der Waals surface area contributed by atoms with Crippen molar-refractivity contribution in [3.63, 3.8) is 0 Å². The summed E-state index contributed by atoms with van der Waals surface area (Å²) in [6, 6.07) is 3.47. The second-order valence-electron chi connectivity index (χ2n) is 6.70. The summed E-state index contributed by atoms with van der Waals surface area (Å²) < 4.78 is 31.8. The van der Waals surface area contributed by atoms with E-state index in [1.54, 1.807) is 33.7 Å². The van der Waals surface area contributed by atoms with E-state index in [4.69, 9.17) is 4.74 Å². The SMILES string of the molecule is CS(=O)(=O)N(C1CCOCC1)C1CCN(C(=O)c2cccnc2)CC1. The largest absolute Gasteiger partial charge is 0.381 e. The van der Waals surface area contributed by atoms with Crippen LogP contribution in [0.2, 0.25) is 0 Å². The minimum atomic E-state index is -3.29. The molecule has 0 N–H and O–H groups in total. The summed E-state index contributed by atoms with van der Waals surface area (Å²) in [6.07, 6.45) is 7.30. The lowest BCUT2D eigenvalue weighted by Gasteiger charge is -2.42. The van der Waals surface area contributed by atoms with Crippen molar-refractivity contribution in [1.82, 2.24) is 14.2 Å². The van der Waals surface area contributed by atoms with E-state index in [1.807, 2.05) is 0 Å². The van der Waals surface area contributed by atoms with Crippen LogP contribution in [-0.4, -0.2) is 73.2 Å². The first-order chi connectivity index (χ1) is 12.0. The van der Waals surface area contributed by atoms with Gasteiger partial charge in [-0.25, -0.2) is 8.42 Å². The number of carbonyl (C=O) groups is 1.